The summed E-state index contributed by atoms with van der Waals surface area (Å²) in [7, 11) is 3.29. The van der Waals surface area contributed by atoms with Crippen LogP contribution in [0.2, 0.25) is 0 Å². The number of ether oxygens (including phenoxy) is 1. The number of nitrogens with one attached hydrogen (secondary N) is 1. The van der Waals surface area contributed by atoms with Gasteiger partial charge >= 0.3 is 0 Å². The molecule has 0 atom stereocenters. The second-order valence-electron chi connectivity index (χ2n) is 5.91. The average molecular weight is 450 g/mol. The van der Waals surface area contributed by atoms with Crippen LogP contribution in [0.4, 0.5) is 4.39 Å². The molecule has 27 heavy (non-hydrogen) atoms. The summed E-state index contributed by atoms with van der Waals surface area (Å²) >= 11 is 8.73. The SMILES string of the molecule is COc1ccc(Br)cc1CN(C)C(=O)c1c[nH]c(=S)n1-c1ccc(F)cc1. The molecule has 0 saturated heterocycles. The smallest absolute Gasteiger partial charge is 0.272 e. The number of benzene rings is 2. The Kier molecular flexibility index (Phi) is 5.76. The van der Waals surface area contributed by atoms with Gasteiger partial charge in [0, 0.05) is 35.5 Å². The molecule has 1 amide bonds. The van der Waals surface area contributed by atoms with Crippen molar-refractivity contribution in [3.63, 3.8) is 0 Å². The number of aromatic amines is 1. The molecule has 1 heterocycles. The van der Waals surface area contributed by atoms with Gasteiger partial charge in [0.2, 0.25) is 0 Å². The van der Waals surface area contributed by atoms with E-state index in [9.17, 15) is 9.18 Å². The van der Waals surface area contributed by atoms with Crippen LogP contribution < -0.4 is 4.74 Å². The molecule has 1 N–H and O–H groups in total. The summed E-state index contributed by atoms with van der Waals surface area (Å²) in [6, 6.07) is 11.4. The highest BCUT2D eigenvalue weighted by Crippen LogP contribution is 2.25. The Bertz CT molecular complexity index is 1030. The number of rotatable bonds is 5. The molecule has 0 spiro atoms. The summed E-state index contributed by atoms with van der Waals surface area (Å²) < 4.78 is 21.4. The number of imidazole rings is 1. The predicted molar refractivity (Wildman–Crippen MR) is 107 cm³/mol. The second kappa shape index (κ2) is 8.06. The Morgan fingerprint density at radius 1 is 1.30 bits per heavy atom. The third-order valence-corrected chi connectivity index (χ3v) is 4.87. The number of H-pyrrole nitrogens is 1. The lowest BCUT2D eigenvalue weighted by molar-refractivity contribution is 0.0776. The Morgan fingerprint density at radius 3 is 2.67 bits per heavy atom. The lowest BCUT2D eigenvalue weighted by Crippen LogP contribution is -2.28. The van der Waals surface area contributed by atoms with Gasteiger partial charge in [-0.25, -0.2) is 4.39 Å². The highest BCUT2D eigenvalue weighted by Gasteiger charge is 2.20. The van der Waals surface area contributed by atoms with E-state index in [1.54, 1.807) is 42.0 Å². The minimum absolute atomic E-state index is 0.228. The van der Waals surface area contributed by atoms with E-state index in [1.807, 2.05) is 18.2 Å². The molecule has 0 unspecified atom stereocenters. The van der Waals surface area contributed by atoms with Crippen LogP contribution in [-0.4, -0.2) is 34.5 Å². The van der Waals surface area contributed by atoms with E-state index in [-0.39, 0.29) is 11.7 Å². The van der Waals surface area contributed by atoms with Crippen LogP contribution in [0.15, 0.2) is 53.1 Å². The van der Waals surface area contributed by atoms with Crippen molar-refractivity contribution in [3.8, 4) is 11.4 Å². The van der Waals surface area contributed by atoms with E-state index in [1.165, 1.54) is 12.1 Å². The molecule has 5 nitrogen and oxygen atoms in total. The molecule has 0 fully saturated rings. The molecule has 0 aliphatic carbocycles. The molecular formula is C19H17BrFN3O2S. The standard InChI is InChI=1S/C19H17BrFN3O2S/c1-23(11-12-9-13(20)3-8-17(12)26-2)18(25)16-10-22-19(27)24(16)15-6-4-14(21)5-7-15/h3-10H,11H2,1-2H3,(H,22,27). The van der Waals surface area contributed by atoms with E-state index in [0.717, 1.165) is 10.0 Å². The van der Waals surface area contributed by atoms with E-state index in [4.69, 9.17) is 17.0 Å². The number of carbonyl (C=O) groups excluding carboxylic acids is 1. The summed E-state index contributed by atoms with van der Waals surface area (Å²) in [6.07, 6.45) is 1.56. The van der Waals surface area contributed by atoms with Crippen LogP contribution >= 0.6 is 28.1 Å². The average Bonchev–Trinajstić information content (AvgIpc) is 3.03. The van der Waals surface area contributed by atoms with Crippen molar-refractivity contribution in [1.29, 1.82) is 0 Å². The van der Waals surface area contributed by atoms with Gasteiger partial charge in [-0.1, -0.05) is 15.9 Å². The summed E-state index contributed by atoms with van der Waals surface area (Å²) in [5.41, 5.74) is 1.84. The van der Waals surface area contributed by atoms with Gasteiger partial charge < -0.3 is 14.6 Å². The first-order valence-corrected chi connectivity index (χ1v) is 9.25. The van der Waals surface area contributed by atoms with Crippen molar-refractivity contribution in [3.05, 3.63) is 75.0 Å². The molecule has 2 aromatic carbocycles. The zero-order valence-corrected chi connectivity index (χ0v) is 17.1. The van der Waals surface area contributed by atoms with E-state index in [0.29, 0.717) is 28.4 Å². The van der Waals surface area contributed by atoms with Gasteiger partial charge in [-0.05, 0) is 54.7 Å². The first-order valence-electron chi connectivity index (χ1n) is 8.05. The van der Waals surface area contributed by atoms with Gasteiger partial charge in [0.1, 0.15) is 17.3 Å². The molecule has 3 aromatic rings. The maximum Gasteiger partial charge on any atom is 0.272 e. The molecule has 0 bridgehead atoms. The lowest BCUT2D eigenvalue weighted by Gasteiger charge is -2.20. The van der Waals surface area contributed by atoms with Gasteiger partial charge in [0.25, 0.3) is 5.91 Å². The Labute approximate surface area is 169 Å². The van der Waals surface area contributed by atoms with Gasteiger partial charge in [-0.2, -0.15) is 0 Å². The van der Waals surface area contributed by atoms with Crippen LogP contribution in [0.3, 0.4) is 0 Å². The van der Waals surface area contributed by atoms with E-state index >= 15 is 0 Å². The first-order chi connectivity index (χ1) is 12.9. The van der Waals surface area contributed by atoms with Gasteiger partial charge in [0.05, 0.1) is 7.11 Å². The van der Waals surface area contributed by atoms with Gasteiger partial charge in [0.15, 0.2) is 4.77 Å². The van der Waals surface area contributed by atoms with Crippen LogP contribution in [0, 0.1) is 10.6 Å². The van der Waals surface area contributed by atoms with E-state index in [2.05, 4.69) is 20.9 Å². The number of amides is 1. The molecule has 0 radical (unpaired) electrons. The maximum absolute atomic E-state index is 13.2. The molecule has 0 aliphatic rings. The lowest BCUT2D eigenvalue weighted by atomic mass is 10.2. The van der Waals surface area contributed by atoms with Crippen molar-refractivity contribution in [2.75, 3.05) is 14.2 Å². The fraction of sp³-hybridized carbons (Fsp3) is 0.158. The normalized spacial score (nSPS) is 10.7. The molecule has 0 saturated carbocycles. The predicted octanol–water partition coefficient (Wildman–Crippen LogP) is 4.72. The molecule has 0 aliphatic heterocycles. The van der Waals surface area contributed by atoms with Crippen molar-refractivity contribution < 1.29 is 13.9 Å². The molecule has 140 valence electrons. The van der Waals surface area contributed by atoms with Gasteiger partial charge in [-0.3, -0.25) is 9.36 Å². The van der Waals surface area contributed by atoms with Crippen LogP contribution in [0.5, 0.6) is 5.75 Å². The Hall–Kier alpha value is -2.45. The van der Waals surface area contributed by atoms with E-state index < -0.39 is 0 Å². The zero-order valence-electron chi connectivity index (χ0n) is 14.7. The fourth-order valence-electron chi connectivity index (χ4n) is 2.77. The summed E-state index contributed by atoms with van der Waals surface area (Å²) in [6.45, 7) is 0.350. The minimum atomic E-state index is -0.354. The third kappa shape index (κ3) is 4.12. The first kappa shape index (κ1) is 19.3. The number of nitrogens with zero attached hydrogens (tertiary/aromatic N) is 2. The minimum Gasteiger partial charge on any atom is -0.496 e. The monoisotopic (exact) mass is 449 g/mol. The largest absolute Gasteiger partial charge is 0.496 e. The number of hydrogen-bond donors (Lipinski definition) is 1. The van der Waals surface area contributed by atoms with Crippen molar-refractivity contribution in [1.82, 2.24) is 14.5 Å². The molecule has 8 heteroatoms. The maximum atomic E-state index is 13.2. The number of hydrogen-bond acceptors (Lipinski definition) is 3. The fourth-order valence-corrected chi connectivity index (χ4v) is 3.44. The number of halogens is 2. The summed E-state index contributed by atoms with van der Waals surface area (Å²) in [4.78, 5) is 17.5. The Morgan fingerprint density at radius 2 is 2.00 bits per heavy atom. The number of aromatic nitrogens is 2. The molecular weight excluding hydrogens is 433 g/mol. The third-order valence-electron chi connectivity index (χ3n) is 4.08. The van der Waals surface area contributed by atoms with Crippen LogP contribution in [0.25, 0.3) is 5.69 Å². The van der Waals surface area contributed by atoms with Crippen molar-refractivity contribution in [2.24, 2.45) is 0 Å². The highest BCUT2D eigenvalue weighted by atomic mass is 79.9. The Balaban J connectivity index is 1.92. The quantitative estimate of drug-likeness (QED) is 0.573. The van der Waals surface area contributed by atoms with Crippen molar-refractivity contribution >= 4 is 34.1 Å². The summed E-state index contributed by atoms with van der Waals surface area (Å²) in [5, 5.41) is 0. The van der Waals surface area contributed by atoms with Crippen LogP contribution in [0.1, 0.15) is 16.1 Å². The zero-order chi connectivity index (χ0) is 19.6. The number of methoxy groups -OCH3 is 1. The second-order valence-corrected chi connectivity index (χ2v) is 7.21. The summed E-state index contributed by atoms with van der Waals surface area (Å²) in [5.74, 6) is 0.114. The van der Waals surface area contributed by atoms with Crippen molar-refractivity contribution in [2.45, 2.75) is 6.54 Å². The molecule has 1 aromatic heterocycles. The molecule has 3 rings (SSSR count). The number of carbonyl (C=O) groups is 1. The van der Waals surface area contributed by atoms with Crippen LogP contribution in [-0.2, 0) is 6.54 Å². The van der Waals surface area contributed by atoms with Gasteiger partial charge in [-0.15, -0.1) is 0 Å². The highest BCUT2D eigenvalue weighted by molar-refractivity contribution is 9.10. The topological polar surface area (TPSA) is 50.3 Å².